The molecule has 0 heterocycles. The van der Waals surface area contributed by atoms with Crippen molar-refractivity contribution in [2.24, 2.45) is 0 Å². The molecule has 4 heteroatoms. The number of alkyl halides is 1. The van der Waals surface area contributed by atoms with Gasteiger partial charge < -0.3 is 5.32 Å². The van der Waals surface area contributed by atoms with Crippen molar-refractivity contribution in [2.75, 3.05) is 5.32 Å². The van der Waals surface area contributed by atoms with Gasteiger partial charge in [0.2, 0.25) is 5.91 Å². The van der Waals surface area contributed by atoms with E-state index in [9.17, 15) is 4.79 Å². The molecule has 19 heavy (non-hydrogen) atoms. The van der Waals surface area contributed by atoms with Gasteiger partial charge in [0.15, 0.2) is 0 Å². The Labute approximate surface area is 125 Å². The van der Waals surface area contributed by atoms with Gasteiger partial charge in [0, 0.05) is 10.2 Å². The van der Waals surface area contributed by atoms with Gasteiger partial charge in [-0.3, -0.25) is 4.79 Å². The molecule has 2 nitrogen and oxygen atoms in total. The van der Waals surface area contributed by atoms with E-state index in [2.05, 4.69) is 21.2 Å². The Hall–Kier alpha value is -1.32. The zero-order valence-electron chi connectivity index (χ0n) is 10.4. The second-order valence-corrected chi connectivity index (χ2v) is 5.52. The van der Waals surface area contributed by atoms with Crippen LogP contribution in [0.1, 0.15) is 16.5 Å². The average Bonchev–Trinajstić information content (AvgIpc) is 2.43. The maximum atomic E-state index is 12.1. The minimum absolute atomic E-state index is 0.227. The number of anilines is 1. The second-order valence-electron chi connectivity index (χ2n) is 4.23. The van der Waals surface area contributed by atoms with E-state index in [1.807, 2.05) is 55.5 Å². The fraction of sp³-hybridized carbons (Fsp3) is 0.133. The van der Waals surface area contributed by atoms with Gasteiger partial charge in [0.25, 0.3) is 0 Å². The fourth-order valence-corrected chi connectivity index (χ4v) is 2.15. The van der Waals surface area contributed by atoms with Gasteiger partial charge in [-0.15, -0.1) is 11.6 Å². The standard InChI is InChI=1S/C15H13BrClNO/c1-10-9-12(7-8-13(10)16)18-15(19)14(17)11-5-3-2-4-6-11/h2-9,14H,1H3,(H,18,19). The van der Waals surface area contributed by atoms with E-state index < -0.39 is 5.38 Å². The smallest absolute Gasteiger partial charge is 0.246 e. The first-order chi connectivity index (χ1) is 9.08. The summed E-state index contributed by atoms with van der Waals surface area (Å²) in [5.41, 5.74) is 2.59. The third-order valence-electron chi connectivity index (χ3n) is 2.75. The van der Waals surface area contributed by atoms with Crippen molar-refractivity contribution in [3.8, 4) is 0 Å². The molecule has 0 fully saturated rings. The number of rotatable bonds is 3. The zero-order chi connectivity index (χ0) is 13.8. The number of benzene rings is 2. The SMILES string of the molecule is Cc1cc(NC(=O)C(Cl)c2ccccc2)ccc1Br. The predicted molar refractivity (Wildman–Crippen MR) is 82.5 cm³/mol. The van der Waals surface area contributed by atoms with Crippen molar-refractivity contribution < 1.29 is 4.79 Å². The Kier molecular flexibility index (Phi) is 4.61. The Morgan fingerprint density at radius 3 is 2.53 bits per heavy atom. The molecule has 2 rings (SSSR count). The van der Waals surface area contributed by atoms with Crippen LogP contribution < -0.4 is 5.32 Å². The minimum atomic E-state index is -0.690. The zero-order valence-corrected chi connectivity index (χ0v) is 12.7. The van der Waals surface area contributed by atoms with Crippen LogP contribution in [0.15, 0.2) is 53.0 Å². The van der Waals surface area contributed by atoms with E-state index in [4.69, 9.17) is 11.6 Å². The number of halogens is 2. The molecular formula is C15H13BrClNO. The molecule has 0 aromatic heterocycles. The highest BCUT2D eigenvalue weighted by Gasteiger charge is 2.17. The van der Waals surface area contributed by atoms with Crippen molar-refractivity contribution in [1.29, 1.82) is 0 Å². The molecule has 0 spiro atoms. The predicted octanol–water partition coefficient (Wildman–Crippen LogP) is 4.68. The molecule has 1 atom stereocenters. The molecule has 0 saturated heterocycles. The lowest BCUT2D eigenvalue weighted by molar-refractivity contribution is -0.116. The van der Waals surface area contributed by atoms with Gasteiger partial charge in [-0.25, -0.2) is 0 Å². The molecule has 1 N–H and O–H groups in total. The van der Waals surface area contributed by atoms with Crippen molar-refractivity contribution in [2.45, 2.75) is 12.3 Å². The number of hydrogen-bond acceptors (Lipinski definition) is 1. The maximum absolute atomic E-state index is 12.1. The molecular weight excluding hydrogens is 326 g/mol. The van der Waals surface area contributed by atoms with Crippen LogP contribution in [0.5, 0.6) is 0 Å². The molecule has 98 valence electrons. The molecule has 0 radical (unpaired) electrons. The Morgan fingerprint density at radius 1 is 1.21 bits per heavy atom. The molecule has 1 amide bonds. The van der Waals surface area contributed by atoms with Gasteiger partial charge in [0.05, 0.1) is 0 Å². The number of carbonyl (C=O) groups is 1. The van der Waals surface area contributed by atoms with Crippen molar-refractivity contribution in [3.63, 3.8) is 0 Å². The summed E-state index contributed by atoms with van der Waals surface area (Å²) in [5, 5.41) is 2.13. The minimum Gasteiger partial charge on any atom is -0.324 e. The average molecular weight is 339 g/mol. The molecule has 0 bridgehead atoms. The second kappa shape index (κ2) is 6.22. The Balaban J connectivity index is 2.10. The number of carbonyl (C=O) groups excluding carboxylic acids is 1. The van der Waals surface area contributed by atoms with Gasteiger partial charge in [-0.2, -0.15) is 0 Å². The Bertz CT molecular complexity index is 586. The van der Waals surface area contributed by atoms with Crippen LogP contribution in [0.25, 0.3) is 0 Å². The van der Waals surface area contributed by atoms with Crippen LogP contribution in [0.2, 0.25) is 0 Å². The Morgan fingerprint density at radius 2 is 1.89 bits per heavy atom. The monoisotopic (exact) mass is 337 g/mol. The van der Waals surface area contributed by atoms with Crippen molar-refractivity contribution in [3.05, 3.63) is 64.1 Å². The van der Waals surface area contributed by atoms with Crippen LogP contribution in [0.4, 0.5) is 5.69 Å². The van der Waals surface area contributed by atoms with Crippen LogP contribution >= 0.6 is 27.5 Å². The summed E-state index contributed by atoms with van der Waals surface area (Å²) in [4.78, 5) is 12.1. The number of hydrogen-bond donors (Lipinski definition) is 1. The summed E-state index contributed by atoms with van der Waals surface area (Å²) in [6.45, 7) is 1.97. The summed E-state index contributed by atoms with van der Waals surface area (Å²) in [6, 6.07) is 14.9. The lowest BCUT2D eigenvalue weighted by Crippen LogP contribution is -2.17. The van der Waals surface area contributed by atoms with Crippen LogP contribution in [-0.4, -0.2) is 5.91 Å². The van der Waals surface area contributed by atoms with Gasteiger partial charge >= 0.3 is 0 Å². The summed E-state index contributed by atoms with van der Waals surface area (Å²) in [7, 11) is 0. The fourth-order valence-electron chi connectivity index (χ4n) is 1.70. The largest absolute Gasteiger partial charge is 0.324 e. The van der Waals surface area contributed by atoms with E-state index in [1.165, 1.54) is 0 Å². The molecule has 2 aromatic rings. The third kappa shape index (κ3) is 3.58. The van der Waals surface area contributed by atoms with Crippen molar-refractivity contribution in [1.82, 2.24) is 0 Å². The third-order valence-corrected chi connectivity index (χ3v) is 4.09. The quantitative estimate of drug-likeness (QED) is 0.809. The van der Waals surface area contributed by atoms with Gasteiger partial charge in [-0.05, 0) is 36.2 Å². The highest BCUT2D eigenvalue weighted by molar-refractivity contribution is 9.10. The molecule has 0 saturated carbocycles. The van der Waals surface area contributed by atoms with Crippen molar-refractivity contribution >= 4 is 39.1 Å². The number of nitrogens with one attached hydrogen (secondary N) is 1. The van der Waals surface area contributed by atoms with Crippen LogP contribution in [-0.2, 0) is 4.79 Å². The first-order valence-corrected chi connectivity index (χ1v) is 7.07. The van der Waals surface area contributed by atoms with Crippen LogP contribution in [0.3, 0.4) is 0 Å². The lowest BCUT2D eigenvalue weighted by Gasteiger charge is -2.11. The van der Waals surface area contributed by atoms with E-state index in [0.29, 0.717) is 0 Å². The summed E-state index contributed by atoms with van der Waals surface area (Å²) >= 11 is 9.58. The summed E-state index contributed by atoms with van der Waals surface area (Å²) in [6.07, 6.45) is 0. The highest BCUT2D eigenvalue weighted by atomic mass is 79.9. The van der Waals surface area contributed by atoms with E-state index in [-0.39, 0.29) is 5.91 Å². The van der Waals surface area contributed by atoms with E-state index in [0.717, 1.165) is 21.3 Å². The van der Waals surface area contributed by atoms with E-state index in [1.54, 1.807) is 0 Å². The molecule has 0 aliphatic heterocycles. The van der Waals surface area contributed by atoms with Crippen LogP contribution in [0, 0.1) is 6.92 Å². The number of amides is 1. The summed E-state index contributed by atoms with van der Waals surface area (Å²) < 4.78 is 1.01. The normalized spacial score (nSPS) is 11.9. The first kappa shape index (κ1) is 14.1. The maximum Gasteiger partial charge on any atom is 0.246 e. The highest BCUT2D eigenvalue weighted by Crippen LogP contribution is 2.24. The molecule has 1 unspecified atom stereocenters. The summed E-state index contributed by atoms with van der Waals surface area (Å²) in [5.74, 6) is -0.227. The van der Waals surface area contributed by atoms with Gasteiger partial charge in [-0.1, -0.05) is 46.3 Å². The lowest BCUT2D eigenvalue weighted by atomic mass is 10.1. The topological polar surface area (TPSA) is 29.1 Å². The molecule has 0 aliphatic carbocycles. The molecule has 0 aliphatic rings. The van der Waals surface area contributed by atoms with Gasteiger partial charge in [0.1, 0.15) is 5.38 Å². The first-order valence-electron chi connectivity index (χ1n) is 5.84. The number of aryl methyl sites for hydroxylation is 1. The molecule has 2 aromatic carbocycles. The van der Waals surface area contributed by atoms with E-state index >= 15 is 0 Å².